The lowest BCUT2D eigenvalue weighted by Crippen LogP contribution is -2.21. The molecule has 25 heavy (non-hydrogen) atoms. The maximum absolute atomic E-state index is 12.4. The molecule has 0 atom stereocenters. The second-order valence-corrected chi connectivity index (χ2v) is 6.74. The van der Waals surface area contributed by atoms with Crippen molar-refractivity contribution in [2.45, 2.75) is 24.4 Å². The van der Waals surface area contributed by atoms with E-state index < -0.39 is 0 Å². The number of benzene rings is 1. The number of aryl methyl sites for hydroxylation is 3. The van der Waals surface area contributed by atoms with Crippen LogP contribution in [-0.2, 0) is 20.0 Å². The largest absolute Gasteiger partial charge is 0.350 e. The third-order valence-electron chi connectivity index (χ3n) is 4.01. The zero-order valence-corrected chi connectivity index (χ0v) is 14.9. The van der Waals surface area contributed by atoms with E-state index in [9.17, 15) is 9.59 Å². The Hall–Kier alpha value is -2.54. The molecule has 0 radical (unpaired) electrons. The first kappa shape index (κ1) is 17.3. The summed E-state index contributed by atoms with van der Waals surface area (Å²) in [5.41, 5.74) is 1.84. The van der Waals surface area contributed by atoms with Gasteiger partial charge in [0.2, 0.25) is 0 Å². The molecule has 0 saturated heterocycles. The number of nitrogens with zero attached hydrogens (tertiary/aromatic N) is 3. The van der Waals surface area contributed by atoms with Gasteiger partial charge in [-0.3, -0.25) is 14.1 Å². The highest BCUT2D eigenvalue weighted by molar-refractivity contribution is 7.99. The third kappa shape index (κ3) is 3.61. The molecule has 1 N–H and O–H groups in total. The van der Waals surface area contributed by atoms with Gasteiger partial charge in [-0.2, -0.15) is 4.98 Å². The molecule has 0 bridgehead atoms. The summed E-state index contributed by atoms with van der Waals surface area (Å²) in [7, 11) is 1.61. The van der Waals surface area contributed by atoms with Crippen LogP contribution in [0.25, 0.3) is 11.2 Å². The number of aromatic amines is 1. The van der Waals surface area contributed by atoms with Crippen LogP contribution < -0.4 is 11.4 Å². The fourth-order valence-electron chi connectivity index (χ4n) is 2.77. The van der Waals surface area contributed by atoms with Gasteiger partial charge >= 0.3 is 11.4 Å². The van der Waals surface area contributed by atoms with Crippen LogP contribution in [-0.4, -0.2) is 24.9 Å². The molecule has 0 saturated carbocycles. The number of H-pyrrole nitrogens is 1. The zero-order valence-electron chi connectivity index (χ0n) is 14.1. The molecular formula is C18H20N4O2S. The van der Waals surface area contributed by atoms with Crippen molar-refractivity contribution < 1.29 is 0 Å². The minimum absolute atomic E-state index is 0.216. The van der Waals surface area contributed by atoms with Crippen molar-refractivity contribution in [1.82, 2.24) is 19.1 Å². The number of hydrogen-bond acceptors (Lipinski definition) is 4. The number of fused-ring (bicyclic) bond motifs is 1. The van der Waals surface area contributed by atoms with Crippen molar-refractivity contribution in [1.29, 1.82) is 0 Å². The van der Waals surface area contributed by atoms with E-state index in [0.717, 1.165) is 12.8 Å². The molecule has 0 fully saturated rings. The van der Waals surface area contributed by atoms with Gasteiger partial charge < -0.3 is 0 Å². The van der Waals surface area contributed by atoms with Crippen LogP contribution in [0.5, 0.6) is 0 Å². The summed E-state index contributed by atoms with van der Waals surface area (Å²) in [6.45, 7) is 4.26. The molecule has 7 heteroatoms. The van der Waals surface area contributed by atoms with E-state index in [1.807, 2.05) is 18.2 Å². The first-order valence-corrected chi connectivity index (χ1v) is 9.07. The fraction of sp³-hybridized carbons (Fsp3) is 0.278. The van der Waals surface area contributed by atoms with Crippen LogP contribution in [0.2, 0.25) is 0 Å². The summed E-state index contributed by atoms with van der Waals surface area (Å²) in [6, 6.07) is 10.2. The Kier molecular flexibility index (Phi) is 5.23. The second kappa shape index (κ2) is 7.57. The molecule has 0 unspecified atom stereocenters. The van der Waals surface area contributed by atoms with E-state index in [1.165, 1.54) is 21.9 Å². The van der Waals surface area contributed by atoms with Crippen LogP contribution in [0.1, 0.15) is 12.0 Å². The molecule has 3 aromatic rings. The molecule has 0 aliphatic carbocycles. The highest BCUT2D eigenvalue weighted by atomic mass is 32.2. The lowest BCUT2D eigenvalue weighted by Gasteiger charge is -2.08. The maximum Gasteiger partial charge on any atom is 0.350 e. The van der Waals surface area contributed by atoms with E-state index in [0.29, 0.717) is 28.5 Å². The molecule has 0 amide bonds. The van der Waals surface area contributed by atoms with Gasteiger partial charge in [-0.1, -0.05) is 48.2 Å². The predicted octanol–water partition coefficient (Wildman–Crippen LogP) is 2.33. The minimum Gasteiger partial charge on any atom is -0.291 e. The Balaban J connectivity index is 1.95. The van der Waals surface area contributed by atoms with Crippen molar-refractivity contribution in [3.63, 3.8) is 0 Å². The van der Waals surface area contributed by atoms with Gasteiger partial charge in [0.1, 0.15) is 16.2 Å². The molecule has 1 aromatic carbocycles. The predicted molar refractivity (Wildman–Crippen MR) is 101 cm³/mol. The average Bonchev–Trinajstić information content (AvgIpc) is 2.95. The van der Waals surface area contributed by atoms with Crippen molar-refractivity contribution in [2.75, 3.05) is 5.75 Å². The van der Waals surface area contributed by atoms with Gasteiger partial charge in [0.15, 0.2) is 0 Å². The first-order chi connectivity index (χ1) is 12.1. The highest BCUT2D eigenvalue weighted by Crippen LogP contribution is 2.23. The van der Waals surface area contributed by atoms with Crippen molar-refractivity contribution in [2.24, 2.45) is 7.05 Å². The van der Waals surface area contributed by atoms with Crippen molar-refractivity contribution in [3.8, 4) is 0 Å². The van der Waals surface area contributed by atoms with E-state index in [-0.39, 0.29) is 11.4 Å². The molecule has 6 nitrogen and oxygen atoms in total. The number of aromatic nitrogens is 4. The Morgan fingerprint density at radius 2 is 2.04 bits per heavy atom. The van der Waals surface area contributed by atoms with Crippen LogP contribution in [0.15, 0.2) is 57.6 Å². The van der Waals surface area contributed by atoms with Gasteiger partial charge in [0.05, 0.1) is 0 Å². The van der Waals surface area contributed by atoms with E-state index in [1.54, 1.807) is 17.7 Å². The molecule has 0 aliphatic rings. The van der Waals surface area contributed by atoms with Gasteiger partial charge in [-0.15, -0.1) is 6.58 Å². The van der Waals surface area contributed by atoms with E-state index in [4.69, 9.17) is 0 Å². The summed E-state index contributed by atoms with van der Waals surface area (Å²) in [5, 5.41) is 0.566. The minimum atomic E-state index is -0.378. The fourth-order valence-corrected chi connectivity index (χ4v) is 3.53. The van der Waals surface area contributed by atoms with Gasteiger partial charge in [-0.05, 0) is 18.4 Å². The van der Waals surface area contributed by atoms with Gasteiger partial charge in [0.25, 0.3) is 0 Å². The maximum atomic E-state index is 12.4. The lowest BCUT2D eigenvalue weighted by atomic mass is 10.1. The van der Waals surface area contributed by atoms with Crippen LogP contribution in [0.4, 0.5) is 0 Å². The van der Waals surface area contributed by atoms with E-state index in [2.05, 4.69) is 28.7 Å². The topological polar surface area (TPSA) is 72.7 Å². The number of nitrogens with one attached hydrogen (secondary N) is 1. The zero-order chi connectivity index (χ0) is 17.8. The number of rotatable bonds is 7. The Labute approximate surface area is 149 Å². The second-order valence-electron chi connectivity index (χ2n) is 5.73. The number of hydrogen-bond donors (Lipinski definition) is 1. The standard InChI is InChI=1S/C18H20N4O2S/c1-3-12-25-16-14-15(21(2)17(23)20-16)19-18(24)22(14)11-7-10-13-8-5-4-6-9-13/h3-6,8-9H,1,7,10-12H2,2H3,(H,19,24). The molecule has 2 aromatic heterocycles. The molecule has 2 heterocycles. The quantitative estimate of drug-likeness (QED) is 0.401. The van der Waals surface area contributed by atoms with Crippen LogP contribution in [0, 0.1) is 0 Å². The Morgan fingerprint density at radius 3 is 2.76 bits per heavy atom. The van der Waals surface area contributed by atoms with Crippen molar-refractivity contribution >= 4 is 22.9 Å². The first-order valence-electron chi connectivity index (χ1n) is 8.09. The summed E-state index contributed by atoms with van der Waals surface area (Å²) in [5.74, 6) is 0.624. The lowest BCUT2D eigenvalue weighted by molar-refractivity contribution is 0.635. The highest BCUT2D eigenvalue weighted by Gasteiger charge is 2.16. The summed E-state index contributed by atoms with van der Waals surface area (Å²) >= 11 is 1.41. The van der Waals surface area contributed by atoms with Crippen LogP contribution >= 0.6 is 11.8 Å². The normalized spacial score (nSPS) is 11.1. The Bertz CT molecular complexity index is 1000. The van der Waals surface area contributed by atoms with Gasteiger partial charge in [0, 0.05) is 19.3 Å². The van der Waals surface area contributed by atoms with E-state index >= 15 is 0 Å². The summed E-state index contributed by atoms with van der Waals surface area (Å²) in [6.07, 6.45) is 3.46. The van der Waals surface area contributed by atoms with Crippen LogP contribution in [0.3, 0.4) is 0 Å². The average molecular weight is 356 g/mol. The number of imidazole rings is 1. The SMILES string of the molecule is C=CCSc1nc(=O)n(C)c2[nH]c(=O)n(CCCc3ccccc3)c12. The molecule has 0 spiro atoms. The molecular weight excluding hydrogens is 336 g/mol. The van der Waals surface area contributed by atoms with Crippen molar-refractivity contribution in [3.05, 3.63) is 69.5 Å². The smallest absolute Gasteiger partial charge is 0.291 e. The Morgan fingerprint density at radius 1 is 1.28 bits per heavy atom. The molecule has 3 rings (SSSR count). The third-order valence-corrected chi connectivity index (χ3v) is 4.98. The number of thioether (sulfide) groups is 1. The summed E-state index contributed by atoms with van der Waals surface area (Å²) < 4.78 is 3.05. The van der Waals surface area contributed by atoms with Gasteiger partial charge in [-0.25, -0.2) is 9.59 Å². The molecule has 130 valence electrons. The summed E-state index contributed by atoms with van der Waals surface area (Å²) in [4.78, 5) is 31.3. The molecule has 0 aliphatic heterocycles. The monoisotopic (exact) mass is 356 g/mol.